The number of para-hydroxylation sites is 1. The summed E-state index contributed by atoms with van der Waals surface area (Å²) in [5.74, 6) is -0.920. The van der Waals surface area contributed by atoms with E-state index in [0.717, 1.165) is 0 Å². The number of hydroxylamine groups is 2. The number of hydrogen-bond donors (Lipinski definition) is 0. The number of ether oxygens (including phenoxy) is 3. The summed E-state index contributed by atoms with van der Waals surface area (Å²) in [4.78, 5) is 55.0. The summed E-state index contributed by atoms with van der Waals surface area (Å²) >= 11 is 6.90. The molecule has 43 heavy (non-hydrogen) atoms. The van der Waals surface area contributed by atoms with Crippen molar-refractivity contribution in [1.82, 2.24) is 5.06 Å². The molecule has 1 aliphatic rings. The Hall–Kier alpha value is -3.30. The van der Waals surface area contributed by atoms with Crippen molar-refractivity contribution in [1.29, 1.82) is 0 Å². The molecule has 2 heterocycles. The minimum Gasteiger partial charge on any atom is -1.00 e. The van der Waals surface area contributed by atoms with Gasteiger partial charge in [0.1, 0.15) is 18.0 Å². The van der Waals surface area contributed by atoms with Gasteiger partial charge in [-0.3, -0.25) is 9.59 Å². The van der Waals surface area contributed by atoms with E-state index in [1.54, 1.807) is 36.4 Å². The first-order valence-corrected chi connectivity index (χ1v) is 14.5. The van der Waals surface area contributed by atoms with Crippen LogP contribution in [0.4, 0.5) is 0 Å². The van der Waals surface area contributed by atoms with Crippen molar-refractivity contribution in [2.45, 2.75) is 32.2 Å². The number of benzene rings is 3. The minimum atomic E-state index is -0.685. The first-order chi connectivity index (χ1) is 20.2. The summed E-state index contributed by atoms with van der Waals surface area (Å²) in [7, 11) is 3.08. The Morgan fingerprint density at radius 3 is 1.91 bits per heavy atom. The highest BCUT2D eigenvalue weighted by Crippen LogP contribution is 2.36. The highest BCUT2D eigenvalue weighted by atomic mass is 127. The van der Waals surface area contributed by atoms with Crippen LogP contribution in [0.25, 0.3) is 21.8 Å². The lowest BCUT2D eigenvalue weighted by molar-refractivity contribution is -0.645. The molecule has 0 unspecified atom stereocenters. The van der Waals surface area contributed by atoms with Crippen LogP contribution in [-0.2, 0) is 25.8 Å². The summed E-state index contributed by atoms with van der Waals surface area (Å²) in [5.41, 5.74) is 1.71. The van der Waals surface area contributed by atoms with Gasteiger partial charge < -0.3 is 43.0 Å². The third-order valence-corrected chi connectivity index (χ3v) is 8.06. The Morgan fingerprint density at radius 1 is 0.860 bits per heavy atom. The van der Waals surface area contributed by atoms with E-state index in [9.17, 15) is 19.2 Å². The number of halogens is 3. The van der Waals surface area contributed by atoms with Crippen molar-refractivity contribution < 1.29 is 66.8 Å². The van der Waals surface area contributed by atoms with Crippen molar-refractivity contribution in [3.63, 3.8) is 0 Å². The van der Waals surface area contributed by atoms with Gasteiger partial charge in [0, 0.05) is 31.4 Å². The third-order valence-electron chi connectivity index (χ3n) is 6.81. The fraction of sp³-hybridized carbons (Fsp3) is 0.233. The van der Waals surface area contributed by atoms with E-state index in [1.807, 2.05) is 22.8 Å². The topological polar surface area (TPSA) is 112 Å². The number of aryl methyl sites for hydroxylation is 1. The first kappa shape index (κ1) is 32.6. The normalized spacial score (nSPS) is 12.8. The fourth-order valence-electron chi connectivity index (χ4n) is 4.80. The second kappa shape index (κ2) is 14.0. The van der Waals surface area contributed by atoms with E-state index in [0.29, 0.717) is 71.6 Å². The Labute approximate surface area is 280 Å². The lowest BCUT2D eigenvalue weighted by atomic mass is 10.0. The van der Waals surface area contributed by atoms with Crippen LogP contribution < -0.4 is 42.8 Å². The third kappa shape index (κ3) is 6.78. The zero-order valence-electron chi connectivity index (χ0n) is 23.0. The lowest BCUT2D eigenvalue weighted by Crippen LogP contribution is -3.00. The Kier molecular flexibility index (Phi) is 10.6. The molecule has 5 rings (SSSR count). The largest absolute Gasteiger partial charge is 1.00 e. The molecule has 0 atom stereocenters. The number of rotatable bonds is 9. The highest BCUT2D eigenvalue weighted by Gasteiger charge is 2.33. The number of pyridine rings is 1. The van der Waals surface area contributed by atoms with Crippen molar-refractivity contribution >= 4 is 77.4 Å². The molecule has 0 N–H and O–H groups in total. The van der Waals surface area contributed by atoms with E-state index in [-0.39, 0.29) is 43.2 Å². The van der Waals surface area contributed by atoms with Crippen molar-refractivity contribution in [2.24, 2.45) is 0 Å². The summed E-state index contributed by atoms with van der Waals surface area (Å²) in [6.45, 7) is 0.355. The number of esters is 1. The van der Waals surface area contributed by atoms with Gasteiger partial charge in [-0.25, -0.2) is 9.59 Å². The van der Waals surface area contributed by atoms with E-state index in [4.69, 9.17) is 19.0 Å². The van der Waals surface area contributed by atoms with Gasteiger partial charge in [0.2, 0.25) is 11.0 Å². The second-order valence-corrected chi connectivity index (χ2v) is 11.1. The van der Waals surface area contributed by atoms with E-state index in [1.165, 1.54) is 14.2 Å². The van der Waals surface area contributed by atoms with Crippen LogP contribution in [-0.4, -0.2) is 43.0 Å². The van der Waals surface area contributed by atoms with Gasteiger partial charge in [0.15, 0.2) is 5.75 Å². The summed E-state index contributed by atoms with van der Waals surface area (Å²) in [6, 6.07) is 16.1. The molecule has 0 aliphatic carbocycles. The van der Waals surface area contributed by atoms with Crippen LogP contribution in [0, 0.1) is 0 Å². The smallest absolute Gasteiger partial charge is 0.345 e. The van der Waals surface area contributed by atoms with E-state index < -0.39 is 23.8 Å². The van der Waals surface area contributed by atoms with Gasteiger partial charge >= 0.3 is 11.9 Å². The molecule has 0 saturated carbocycles. The number of carbonyl (C=O) groups excluding carboxylic acids is 4. The maximum Gasteiger partial charge on any atom is 0.345 e. The highest BCUT2D eigenvalue weighted by molar-refractivity contribution is 9.11. The maximum atomic E-state index is 13.9. The van der Waals surface area contributed by atoms with Crippen LogP contribution in [0.3, 0.4) is 0 Å². The van der Waals surface area contributed by atoms with Crippen LogP contribution in [0.5, 0.6) is 17.2 Å². The zero-order valence-corrected chi connectivity index (χ0v) is 28.4. The predicted molar refractivity (Wildman–Crippen MR) is 158 cm³/mol. The van der Waals surface area contributed by atoms with Gasteiger partial charge in [-0.05, 0) is 68.3 Å². The molecule has 224 valence electrons. The lowest BCUT2D eigenvalue weighted by Gasteiger charge is -2.15. The SMILES string of the molecule is COc1ccc2c(c1)c(C(=O)Oc1c(Br)cccc1Br)c1cc(OC)ccc1[n+]2CCCC(=O)ON1C(=O)CCC1=O.[I-]. The molecule has 1 aliphatic heterocycles. The molecule has 4 aromatic rings. The molecule has 1 fully saturated rings. The van der Waals surface area contributed by atoms with Gasteiger partial charge in [-0.2, -0.15) is 4.57 Å². The van der Waals surface area contributed by atoms with E-state index in [2.05, 4.69) is 31.9 Å². The van der Waals surface area contributed by atoms with E-state index >= 15 is 0 Å². The standard InChI is InChI=1S/C30H25Br2N2O8.HI/c1-39-17-8-10-23-19(15-17)28(30(38)41-29-21(31)5-3-6-22(29)32)20-16-18(40-2)9-11-24(20)33(23)14-4-7-27(37)42-34-25(35)12-13-26(34)36;/h3,5-6,8-11,15-16H,4,7,12-14H2,1-2H3;1H/q+1;/p-1. The Bertz CT molecular complexity index is 1660. The maximum absolute atomic E-state index is 13.9. The van der Waals surface area contributed by atoms with Gasteiger partial charge in [-0.1, -0.05) is 6.07 Å². The molecule has 2 amide bonds. The Balaban J connectivity index is 0.00000423. The summed E-state index contributed by atoms with van der Waals surface area (Å²) in [5, 5.41) is 1.68. The number of imide groups is 1. The minimum absolute atomic E-state index is 0. The van der Waals surface area contributed by atoms with Crippen LogP contribution in [0.15, 0.2) is 63.5 Å². The number of amides is 2. The summed E-state index contributed by atoms with van der Waals surface area (Å²) < 4.78 is 20.1. The summed E-state index contributed by atoms with van der Waals surface area (Å²) in [6.07, 6.45) is 0.342. The fourth-order valence-corrected chi connectivity index (χ4v) is 5.96. The number of fused-ring (bicyclic) bond motifs is 2. The van der Waals surface area contributed by atoms with Crippen molar-refractivity contribution in [3.05, 3.63) is 69.1 Å². The number of methoxy groups -OCH3 is 2. The van der Waals surface area contributed by atoms with Crippen molar-refractivity contribution in [3.8, 4) is 17.2 Å². The van der Waals surface area contributed by atoms with Crippen LogP contribution in [0.1, 0.15) is 36.0 Å². The first-order valence-electron chi connectivity index (χ1n) is 13.0. The number of aromatic nitrogens is 1. The number of hydrogen-bond acceptors (Lipinski definition) is 8. The molecule has 3 aromatic carbocycles. The second-order valence-electron chi connectivity index (χ2n) is 9.38. The molecule has 0 bridgehead atoms. The molecule has 0 radical (unpaired) electrons. The molecule has 1 saturated heterocycles. The number of carbonyl (C=O) groups is 4. The van der Waals surface area contributed by atoms with Gasteiger partial charge in [-0.15, -0.1) is 5.06 Å². The average molecular weight is 828 g/mol. The molecular weight excluding hydrogens is 803 g/mol. The van der Waals surface area contributed by atoms with Gasteiger partial charge in [0.25, 0.3) is 11.8 Å². The monoisotopic (exact) mass is 826 g/mol. The molecule has 13 heteroatoms. The molecule has 10 nitrogen and oxygen atoms in total. The molecule has 0 spiro atoms. The van der Waals surface area contributed by atoms with Gasteiger partial charge in [0.05, 0.1) is 45.9 Å². The van der Waals surface area contributed by atoms with Crippen LogP contribution in [0.2, 0.25) is 0 Å². The molecule has 1 aromatic heterocycles. The predicted octanol–water partition coefficient (Wildman–Crippen LogP) is 2.43. The average Bonchev–Trinajstić information content (AvgIpc) is 3.30. The van der Waals surface area contributed by atoms with Crippen molar-refractivity contribution in [2.75, 3.05) is 14.2 Å². The number of nitrogens with zero attached hydrogens (tertiary/aromatic N) is 2. The quantitative estimate of drug-likeness (QED) is 0.0633. The zero-order chi connectivity index (χ0) is 30.0. The van der Waals surface area contributed by atoms with Crippen LogP contribution >= 0.6 is 31.9 Å². The molecular formula is C30H25Br2IN2O8. The Morgan fingerprint density at radius 2 is 1.40 bits per heavy atom.